The van der Waals surface area contributed by atoms with Crippen LogP contribution in [-0.4, -0.2) is 13.6 Å². The van der Waals surface area contributed by atoms with Crippen LogP contribution in [0.5, 0.6) is 0 Å². The van der Waals surface area contributed by atoms with Gasteiger partial charge in [0.15, 0.2) is 0 Å². The van der Waals surface area contributed by atoms with E-state index in [0.29, 0.717) is 0 Å². The van der Waals surface area contributed by atoms with Crippen LogP contribution in [0.4, 0.5) is 0 Å². The van der Waals surface area contributed by atoms with Crippen LogP contribution in [0.3, 0.4) is 0 Å². The van der Waals surface area contributed by atoms with Crippen molar-refractivity contribution in [2.45, 2.75) is 0 Å². The number of hydrogen-bond donors (Lipinski definition) is 0. The number of halogens is 2. The number of rotatable bonds is 0. The van der Waals surface area contributed by atoms with Gasteiger partial charge in [-0.2, -0.15) is 0 Å². The van der Waals surface area contributed by atoms with Gasteiger partial charge in [0.1, 0.15) is 13.6 Å². The van der Waals surface area contributed by atoms with Crippen molar-refractivity contribution in [2.75, 3.05) is 0 Å². The normalized spacial score (nSPS) is 4.29. The summed E-state index contributed by atoms with van der Waals surface area (Å²) >= 11 is -0.346. The molecular weight excluding hydrogens is 228 g/mol. The molecule has 0 rings (SSSR count). The molecule has 0 aliphatic carbocycles. The van der Waals surface area contributed by atoms with E-state index in [0.717, 1.165) is 0 Å². The second kappa shape index (κ2) is 84.4. The minimum atomic E-state index is -0.346. The Labute approximate surface area is 57.9 Å². The van der Waals surface area contributed by atoms with E-state index in [9.17, 15) is 0 Å². The van der Waals surface area contributed by atoms with Crippen molar-refractivity contribution in [3.05, 3.63) is 0 Å². The van der Waals surface area contributed by atoms with Crippen LogP contribution in [0.2, 0.25) is 0 Å². The van der Waals surface area contributed by atoms with Crippen LogP contribution in [-0.2, 0) is 24.7 Å². The number of carbonyl (C=O) groups excluding carboxylic acids is 2. The second-order valence-electron chi connectivity index (χ2n) is 0.0505. The fourth-order valence-electron chi connectivity index (χ4n) is 0. The van der Waals surface area contributed by atoms with Gasteiger partial charge >= 0.3 is 34.5 Å². The summed E-state index contributed by atoms with van der Waals surface area (Å²) in [5.74, 6) is 0. The van der Waals surface area contributed by atoms with Crippen LogP contribution >= 0.6 is 19.4 Å². The molecule has 7 heavy (non-hydrogen) atoms. The Bertz CT molecular complexity index is 21.2. The Morgan fingerprint density at radius 3 is 1.00 bits per heavy atom. The van der Waals surface area contributed by atoms with Crippen molar-refractivity contribution in [1.29, 1.82) is 0 Å². The van der Waals surface area contributed by atoms with Gasteiger partial charge in [-0.15, -0.1) is 0 Å². The summed E-state index contributed by atoms with van der Waals surface area (Å²) < 4.78 is 0. The third-order valence-corrected chi connectivity index (χ3v) is 0. The fourth-order valence-corrected chi connectivity index (χ4v) is 0. The summed E-state index contributed by atoms with van der Waals surface area (Å²) in [6.07, 6.45) is 0. The molecule has 0 aliphatic rings. The zero-order valence-electron chi connectivity index (χ0n) is 3.34. The topological polar surface area (TPSA) is 34.1 Å². The van der Waals surface area contributed by atoms with Crippen LogP contribution in [0, 0.1) is 0 Å². The molecule has 0 atom stereocenters. The van der Waals surface area contributed by atoms with E-state index in [1.807, 2.05) is 13.6 Å². The maximum atomic E-state index is 8.00. The van der Waals surface area contributed by atoms with Gasteiger partial charge in [0.25, 0.3) is 0 Å². The van der Waals surface area contributed by atoms with Crippen molar-refractivity contribution >= 4 is 33.0 Å². The monoisotopic (exact) mass is 232 g/mol. The Morgan fingerprint density at radius 1 is 1.00 bits per heavy atom. The Hall–Kier alpha value is 0.543. The molecule has 0 heterocycles. The van der Waals surface area contributed by atoms with Crippen molar-refractivity contribution in [3.63, 3.8) is 0 Å². The quantitative estimate of drug-likeness (QED) is 0.584. The molecule has 0 spiro atoms. The number of hydrogen-bond acceptors (Lipinski definition) is 2. The van der Waals surface area contributed by atoms with Gasteiger partial charge in [-0.3, -0.25) is 0 Å². The molecule has 0 N–H and O–H groups in total. The molecule has 0 aromatic rings. The van der Waals surface area contributed by atoms with E-state index in [2.05, 4.69) is 0 Å². The summed E-state index contributed by atoms with van der Waals surface area (Å²) in [7, 11) is 9.71. The first kappa shape index (κ1) is 15.6. The molecule has 0 amide bonds. The molecule has 0 saturated carbocycles. The fraction of sp³-hybridized carbons (Fsp3) is 0. The molecular formula is C2H4Cl2O2Ru. The summed E-state index contributed by atoms with van der Waals surface area (Å²) in [5.41, 5.74) is 0. The van der Waals surface area contributed by atoms with Crippen molar-refractivity contribution in [2.24, 2.45) is 0 Å². The zero-order chi connectivity index (χ0) is 6.71. The molecule has 0 bridgehead atoms. The van der Waals surface area contributed by atoms with Crippen molar-refractivity contribution < 1.29 is 24.7 Å². The molecule has 0 radical (unpaired) electrons. The zero-order valence-corrected chi connectivity index (χ0v) is 6.59. The minimum absolute atomic E-state index is 0.346. The van der Waals surface area contributed by atoms with Gasteiger partial charge < -0.3 is 9.59 Å². The average Bonchev–Trinajstić information content (AvgIpc) is 1.78. The first-order valence-corrected chi connectivity index (χ1v) is 5.32. The van der Waals surface area contributed by atoms with Gasteiger partial charge in [-0.25, -0.2) is 0 Å². The van der Waals surface area contributed by atoms with E-state index < -0.39 is 0 Å². The molecule has 46 valence electrons. The molecule has 0 fully saturated rings. The van der Waals surface area contributed by atoms with Gasteiger partial charge in [0.2, 0.25) is 0 Å². The SMILES string of the molecule is C=O.C=O.[Cl][Ru][Cl]. The summed E-state index contributed by atoms with van der Waals surface area (Å²) in [5, 5.41) is 0. The molecule has 5 heteroatoms. The van der Waals surface area contributed by atoms with E-state index in [1.54, 1.807) is 0 Å². The van der Waals surface area contributed by atoms with E-state index >= 15 is 0 Å². The average molecular weight is 232 g/mol. The Morgan fingerprint density at radius 2 is 1.00 bits per heavy atom. The first-order chi connectivity index (χ1) is 3.41. The standard InChI is InChI=1S/2CH2O.2ClH.Ru/c2*1-2;;;/h2*1H2;2*1H;/q;;;;+2/p-2. The predicted octanol–water partition coefficient (Wildman–Crippen LogP) is 1.01. The predicted molar refractivity (Wildman–Crippen MR) is 25.9 cm³/mol. The van der Waals surface area contributed by atoms with Crippen molar-refractivity contribution in [1.82, 2.24) is 0 Å². The van der Waals surface area contributed by atoms with Gasteiger partial charge in [0.05, 0.1) is 0 Å². The summed E-state index contributed by atoms with van der Waals surface area (Å²) in [4.78, 5) is 16.0. The molecule has 0 aromatic carbocycles. The Balaban J connectivity index is -0.0000000360. The Kier molecular flexibility index (Phi) is 189. The van der Waals surface area contributed by atoms with Gasteiger partial charge in [-0.05, 0) is 0 Å². The maximum absolute atomic E-state index is 8.00. The van der Waals surface area contributed by atoms with Gasteiger partial charge in [0, 0.05) is 0 Å². The molecule has 0 aromatic heterocycles. The molecule has 0 saturated heterocycles. The van der Waals surface area contributed by atoms with E-state index in [1.165, 1.54) is 0 Å². The van der Waals surface area contributed by atoms with Crippen molar-refractivity contribution in [3.8, 4) is 0 Å². The van der Waals surface area contributed by atoms with Crippen LogP contribution in [0.1, 0.15) is 0 Å². The third-order valence-electron chi connectivity index (χ3n) is 0. The van der Waals surface area contributed by atoms with Gasteiger partial charge in [-0.1, -0.05) is 0 Å². The molecule has 0 unspecified atom stereocenters. The second-order valence-corrected chi connectivity index (χ2v) is 2.69. The van der Waals surface area contributed by atoms with Crippen LogP contribution in [0.15, 0.2) is 0 Å². The molecule has 0 aliphatic heterocycles. The number of carbonyl (C=O) groups is 2. The van der Waals surface area contributed by atoms with Crippen LogP contribution < -0.4 is 0 Å². The molecule has 2 nitrogen and oxygen atoms in total. The van der Waals surface area contributed by atoms with E-state index in [-0.39, 0.29) is 15.1 Å². The van der Waals surface area contributed by atoms with Crippen LogP contribution in [0.25, 0.3) is 0 Å². The summed E-state index contributed by atoms with van der Waals surface area (Å²) in [6.45, 7) is 4.00. The summed E-state index contributed by atoms with van der Waals surface area (Å²) in [6, 6.07) is 0. The third kappa shape index (κ3) is 457. The first-order valence-electron chi connectivity index (χ1n) is 0.845. The van der Waals surface area contributed by atoms with E-state index in [4.69, 9.17) is 29.0 Å².